The molecule has 0 aromatic rings. The lowest BCUT2D eigenvalue weighted by molar-refractivity contribution is -0.133. The number of likely N-dealkylation sites (tertiary alicyclic amines) is 1. The van der Waals surface area contributed by atoms with Crippen molar-refractivity contribution in [2.45, 2.75) is 65.4 Å². The molecular formula is C14H27NO2. The fourth-order valence-electron chi connectivity index (χ4n) is 2.31. The molecule has 0 spiro atoms. The van der Waals surface area contributed by atoms with Crippen molar-refractivity contribution in [3.8, 4) is 0 Å². The first-order chi connectivity index (χ1) is 8.00. The highest BCUT2D eigenvalue weighted by atomic mass is 16.3. The fraction of sp³-hybridized carbons (Fsp3) is 0.929. The van der Waals surface area contributed by atoms with E-state index in [2.05, 4.69) is 20.8 Å². The third-order valence-electron chi connectivity index (χ3n) is 4.34. The van der Waals surface area contributed by atoms with Crippen LogP contribution in [0.1, 0.15) is 59.3 Å². The van der Waals surface area contributed by atoms with E-state index in [0.717, 1.165) is 45.2 Å². The number of aliphatic hydroxyl groups is 1. The van der Waals surface area contributed by atoms with Gasteiger partial charge in [0.1, 0.15) is 0 Å². The number of carbonyl (C=O) groups excluding carboxylic acids is 1. The molecule has 1 N–H and O–H groups in total. The summed E-state index contributed by atoms with van der Waals surface area (Å²) < 4.78 is 0. The van der Waals surface area contributed by atoms with E-state index in [4.69, 9.17) is 0 Å². The Morgan fingerprint density at radius 3 is 2.53 bits per heavy atom. The van der Waals surface area contributed by atoms with Crippen LogP contribution in [0.4, 0.5) is 0 Å². The van der Waals surface area contributed by atoms with E-state index in [1.165, 1.54) is 0 Å². The molecule has 0 aromatic carbocycles. The lowest BCUT2D eigenvalue weighted by atomic mass is 9.81. The monoisotopic (exact) mass is 241 g/mol. The predicted molar refractivity (Wildman–Crippen MR) is 69.7 cm³/mol. The SMILES string of the molecule is CCC(C)(CC)CC(=O)N1CCCC(O)CC1. The van der Waals surface area contributed by atoms with Crippen LogP contribution >= 0.6 is 0 Å². The highest BCUT2D eigenvalue weighted by molar-refractivity contribution is 5.76. The van der Waals surface area contributed by atoms with E-state index in [0.29, 0.717) is 6.42 Å². The van der Waals surface area contributed by atoms with Crippen molar-refractivity contribution < 1.29 is 9.90 Å². The number of hydrogen-bond donors (Lipinski definition) is 1. The van der Waals surface area contributed by atoms with Gasteiger partial charge in [-0.1, -0.05) is 33.6 Å². The van der Waals surface area contributed by atoms with Gasteiger partial charge in [0.2, 0.25) is 5.91 Å². The highest BCUT2D eigenvalue weighted by Crippen LogP contribution is 2.30. The first kappa shape index (κ1) is 14.5. The van der Waals surface area contributed by atoms with Gasteiger partial charge in [-0.2, -0.15) is 0 Å². The molecule has 1 amide bonds. The summed E-state index contributed by atoms with van der Waals surface area (Å²) in [7, 11) is 0. The van der Waals surface area contributed by atoms with Gasteiger partial charge in [0.15, 0.2) is 0 Å². The molecule has 0 bridgehead atoms. The van der Waals surface area contributed by atoms with Gasteiger partial charge in [0.05, 0.1) is 6.10 Å². The average molecular weight is 241 g/mol. The second-order valence-electron chi connectivity index (χ2n) is 5.66. The van der Waals surface area contributed by atoms with Gasteiger partial charge in [0, 0.05) is 19.5 Å². The van der Waals surface area contributed by atoms with Crippen molar-refractivity contribution >= 4 is 5.91 Å². The van der Waals surface area contributed by atoms with Crippen LogP contribution in [-0.4, -0.2) is 35.1 Å². The zero-order valence-corrected chi connectivity index (χ0v) is 11.5. The summed E-state index contributed by atoms with van der Waals surface area (Å²) >= 11 is 0. The molecule has 1 saturated heterocycles. The van der Waals surface area contributed by atoms with Crippen LogP contribution in [0.3, 0.4) is 0 Å². The maximum Gasteiger partial charge on any atom is 0.223 e. The molecule has 1 unspecified atom stereocenters. The molecule has 0 radical (unpaired) electrons. The molecular weight excluding hydrogens is 214 g/mol. The molecule has 1 aliphatic rings. The number of carbonyl (C=O) groups is 1. The van der Waals surface area contributed by atoms with Crippen LogP contribution in [-0.2, 0) is 4.79 Å². The minimum Gasteiger partial charge on any atom is -0.393 e. The maximum atomic E-state index is 12.2. The summed E-state index contributed by atoms with van der Waals surface area (Å²) in [5.41, 5.74) is 0.141. The van der Waals surface area contributed by atoms with E-state index < -0.39 is 0 Å². The third kappa shape index (κ3) is 4.30. The van der Waals surface area contributed by atoms with E-state index in [-0.39, 0.29) is 17.4 Å². The molecule has 1 aliphatic heterocycles. The number of hydrogen-bond acceptors (Lipinski definition) is 2. The Hall–Kier alpha value is -0.570. The minimum atomic E-state index is -0.212. The standard InChI is InChI=1S/C14H27NO2/c1-4-14(3,5-2)11-13(17)15-9-6-7-12(16)8-10-15/h12,16H,4-11H2,1-3H3. The van der Waals surface area contributed by atoms with E-state index in [1.807, 2.05) is 4.90 Å². The molecule has 0 saturated carbocycles. The summed E-state index contributed by atoms with van der Waals surface area (Å²) in [6.45, 7) is 8.05. The Labute approximate surface area is 105 Å². The molecule has 3 heteroatoms. The maximum absolute atomic E-state index is 12.2. The van der Waals surface area contributed by atoms with Gasteiger partial charge >= 0.3 is 0 Å². The number of amides is 1. The molecule has 17 heavy (non-hydrogen) atoms. The van der Waals surface area contributed by atoms with Crippen LogP contribution in [0.2, 0.25) is 0 Å². The largest absolute Gasteiger partial charge is 0.393 e. The van der Waals surface area contributed by atoms with Gasteiger partial charge in [-0.15, -0.1) is 0 Å². The van der Waals surface area contributed by atoms with Crippen LogP contribution in [0, 0.1) is 5.41 Å². The molecule has 0 aromatic heterocycles. The average Bonchev–Trinajstić information content (AvgIpc) is 2.54. The van der Waals surface area contributed by atoms with Crippen molar-refractivity contribution in [1.29, 1.82) is 0 Å². The van der Waals surface area contributed by atoms with Crippen LogP contribution < -0.4 is 0 Å². The fourth-order valence-corrected chi connectivity index (χ4v) is 2.31. The molecule has 3 nitrogen and oxygen atoms in total. The second kappa shape index (κ2) is 6.39. The summed E-state index contributed by atoms with van der Waals surface area (Å²) in [6, 6.07) is 0. The van der Waals surface area contributed by atoms with E-state index >= 15 is 0 Å². The van der Waals surface area contributed by atoms with E-state index in [9.17, 15) is 9.90 Å². The molecule has 1 fully saturated rings. The summed E-state index contributed by atoms with van der Waals surface area (Å²) in [5.74, 6) is 0.269. The minimum absolute atomic E-state index is 0.141. The van der Waals surface area contributed by atoms with Gasteiger partial charge in [-0.3, -0.25) is 4.79 Å². The number of rotatable bonds is 4. The second-order valence-corrected chi connectivity index (χ2v) is 5.66. The zero-order chi connectivity index (χ0) is 12.9. The highest BCUT2D eigenvalue weighted by Gasteiger charge is 2.27. The normalized spacial score (nSPS) is 22.4. The first-order valence-electron chi connectivity index (χ1n) is 6.96. The molecule has 1 atom stereocenters. The van der Waals surface area contributed by atoms with Crippen molar-refractivity contribution in [1.82, 2.24) is 4.90 Å². The topological polar surface area (TPSA) is 40.5 Å². The predicted octanol–water partition coefficient (Wildman–Crippen LogP) is 2.58. The Kier molecular flexibility index (Phi) is 5.44. The molecule has 1 heterocycles. The van der Waals surface area contributed by atoms with Gasteiger partial charge < -0.3 is 10.0 Å². The van der Waals surface area contributed by atoms with Crippen molar-refractivity contribution in [2.75, 3.05) is 13.1 Å². The van der Waals surface area contributed by atoms with E-state index in [1.54, 1.807) is 0 Å². The third-order valence-corrected chi connectivity index (χ3v) is 4.34. The van der Waals surface area contributed by atoms with Gasteiger partial charge in [0.25, 0.3) is 0 Å². The lowest BCUT2D eigenvalue weighted by Crippen LogP contribution is -2.35. The summed E-state index contributed by atoms with van der Waals surface area (Å²) in [5, 5.41) is 9.58. The van der Waals surface area contributed by atoms with Crippen LogP contribution in [0.5, 0.6) is 0 Å². The van der Waals surface area contributed by atoms with Gasteiger partial charge in [-0.25, -0.2) is 0 Å². The van der Waals surface area contributed by atoms with Crippen molar-refractivity contribution in [3.05, 3.63) is 0 Å². The van der Waals surface area contributed by atoms with Crippen LogP contribution in [0.15, 0.2) is 0 Å². The smallest absolute Gasteiger partial charge is 0.223 e. The molecule has 1 rings (SSSR count). The number of nitrogens with zero attached hydrogens (tertiary/aromatic N) is 1. The summed E-state index contributed by atoms with van der Waals surface area (Å²) in [4.78, 5) is 14.2. The lowest BCUT2D eigenvalue weighted by Gasteiger charge is -2.29. The quantitative estimate of drug-likeness (QED) is 0.822. The number of aliphatic hydroxyl groups excluding tert-OH is 1. The van der Waals surface area contributed by atoms with Gasteiger partial charge in [-0.05, 0) is 24.7 Å². The zero-order valence-electron chi connectivity index (χ0n) is 11.5. The Bertz CT molecular complexity index is 249. The molecule has 0 aliphatic carbocycles. The molecule has 100 valence electrons. The summed E-state index contributed by atoms with van der Waals surface area (Å²) in [6.07, 6.45) is 5.04. The van der Waals surface area contributed by atoms with Crippen molar-refractivity contribution in [3.63, 3.8) is 0 Å². The van der Waals surface area contributed by atoms with Crippen molar-refractivity contribution in [2.24, 2.45) is 5.41 Å². The Morgan fingerprint density at radius 1 is 1.29 bits per heavy atom. The Morgan fingerprint density at radius 2 is 1.94 bits per heavy atom. The Balaban J connectivity index is 2.51. The van der Waals surface area contributed by atoms with Crippen LogP contribution in [0.25, 0.3) is 0 Å². The first-order valence-corrected chi connectivity index (χ1v) is 6.96.